The summed E-state index contributed by atoms with van der Waals surface area (Å²) < 4.78 is 6.13. The van der Waals surface area contributed by atoms with Gasteiger partial charge in [-0.05, 0) is 37.7 Å². The molecule has 0 radical (unpaired) electrons. The molecule has 0 aliphatic heterocycles. The molecule has 1 aromatic carbocycles. The Labute approximate surface area is 87.1 Å². The highest BCUT2D eigenvalue weighted by Gasteiger charge is 2.03. The Kier molecular flexibility index (Phi) is 2.29. The van der Waals surface area contributed by atoms with Crippen molar-refractivity contribution in [1.29, 1.82) is 0 Å². The monoisotopic (exact) mass is 208 g/mol. The highest BCUT2D eigenvalue weighted by molar-refractivity contribution is 7.71. The number of aromatic amines is 2. The van der Waals surface area contributed by atoms with Gasteiger partial charge in [0.2, 0.25) is 0 Å². The predicted octanol–water partition coefficient (Wildman–Crippen LogP) is 2.93. The number of ether oxygens (including phenoxy) is 1. The lowest BCUT2D eigenvalue weighted by Gasteiger charge is -2.06. The zero-order chi connectivity index (χ0) is 10.1. The third kappa shape index (κ3) is 1.53. The van der Waals surface area contributed by atoms with Gasteiger partial charge in [0.1, 0.15) is 5.75 Å². The molecule has 1 heterocycles. The van der Waals surface area contributed by atoms with E-state index < -0.39 is 0 Å². The lowest BCUT2D eigenvalue weighted by Crippen LogP contribution is -1.93. The van der Waals surface area contributed by atoms with Crippen molar-refractivity contribution in [2.24, 2.45) is 0 Å². The molecular weight excluding hydrogens is 196 g/mol. The number of hydrogen-bond donors (Lipinski definition) is 2. The second kappa shape index (κ2) is 3.46. The Morgan fingerprint density at radius 2 is 1.93 bits per heavy atom. The standard InChI is InChI=1S/C10H12N2OS/c1-3-13-9-5-8-7(4-6(9)2)11-10(14)12-8/h4-5H,3H2,1-2H3,(H2,11,12,14). The van der Waals surface area contributed by atoms with Crippen LogP contribution in [0.2, 0.25) is 0 Å². The van der Waals surface area contributed by atoms with E-state index in [1.165, 1.54) is 0 Å². The van der Waals surface area contributed by atoms with Gasteiger partial charge in [-0.2, -0.15) is 0 Å². The number of fused-ring (bicyclic) bond motifs is 1. The van der Waals surface area contributed by atoms with Crippen LogP contribution in [0.3, 0.4) is 0 Å². The molecule has 0 unspecified atom stereocenters. The molecule has 0 saturated heterocycles. The van der Waals surface area contributed by atoms with Gasteiger partial charge in [-0.3, -0.25) is 0 Å². The molecule has 0 spiro atoms. The highest BCUT2D eigenvalue weighted by Crippen LogP contribution is 2.23. The minimum Gasteiger partial charge on any atom is -0.494 e. The number of nitrogens with one attached hydrogen (secondary N) is 2. The molecule has 0 saturated carbocycles. The summed E-state index contributed by atoms with van der Waals surface area (Å²) in [7, 11) is 0. The molecular formula is C10H12N2OS. The van der Waals surface area contributed by atoms with E-state index in [-0.39, 0.29) is 0 Å². The summed E-state index contributed by atoms with van der Waals surface area (Å²) in [5, 5.41) is 0. The summed E-state index contributed by atoms with van der Waals surface area (Å²) in [5.74, 6) is 0.908. The number of hydrogen-bond acceptors (Lipinski definition) is 2. The second-order valence-electron chi connectivity index (χ2n) is 3.18. The fourth-order valence-electron chi connectivity index (χ4n) is 1.48. The maximum absolute atomic E-state index is 5.49. The topological polar surface area (TPSA) is 40.8 Å². The van der Waals surface area contributed by atoms with Crippen LogP contribution in [-0.4, -0.2) is 16.6 Å². The fourth-order valence-corrected chi connectivity index (χ4v) is 1.70. The Morgan fingerprint density at radius 3 is 2.57 bits per heavy atom. The van der Waals surface area contributed by atoms with Crippen molar-refractivity contribution >= 4 is 23.3 Å². The number of imidazole rings is 1. The van der Waals surface area contributed by atoms with E-state index in [0.29, 0.717) is 11.4 Å². The van der Waals surface area contributed by atoms with Crippen LogP contribution in [0.25, 0.3) is 11.0 Å². The number of aromatic nitrogens is 2. The molecule has 3 nitrogen and oxygen atoms in total. The summed E-state index contributed by atoms with van der Waals surface area (Å²) in [4.78, 5) is 6.14. The van der Waals surface area contributed by atoms with Crippen molar-refractivity contribution in [3.8, 4) is 5.75 Å². The molecule has 0 aliphatic carbocycles. The third-order valence-corrected chi connectivity index (χ3v) is 2.32. The van der Waals surface area contributed by atoms with Crippen LogP contribution >= 0.6 is 12.2 Å². The molecule has 2 N–H and O–H groups in total. The molecule has 0 aliphatic rings. The molecule has 14 heavy (non-hydrogen) atoms. The maximum atomic E-state index is 5.49. The van der Waals surface area contributed by atoms with E-state index in [2.05, 4.69) is 9.97 Å². The van der Waals surface area contributed by atoms with Crippen molar-refractivity contribution in [1.82, 2.24) is 9.97 Å². The number of H-pyrrole nitrogens is 2. The summed E-state index contributed by atoms with van der Waals surface area (Å²) in [6.45, 7) is 4.68. The Hall–Kier alpha value is -1.29. The van der Waals surface area contributed by atoms with Crippen LogP contribution in [0, 0.1) is 11.7 Å². The average Bonchev–Trinajstić information content (AvgIpc) is 2.45. The molecule has 4 heteroatoms. The quantitative estimate of drug-likeness (QED) is 0.745. The van der Waals surface area contributed by atoms with E-state index in [0.717, 1.165) is 22.3 Å². The third-order valence-electron chi connectivity index (χ3n) is 2.11. The van der Waals surface area contributed by atoms with Gasteiger partial charge in [-0.15, -0.1) is 0 Å². The SMILES string of the molecule is CCOc1cc2[nH]c(=S)[nH]c2cc1C. The van der Waals surface area contributed by atoms with Crippen LogP contribution < -0.4 is 4.74 Å². The summed E-state index contributed by atoms with van der Waals surface area (Å²) in [6.07, 6.45) is 0. The molecule has 0 fully saturated rings. The van der Waals surface area contributed by atoms with Crippen LogP contribution in [0.15, 0.2) is 12.1 Å². The Balaban J connectivity index is 2.63. The molecule has 0 bridgehead atoms. The Morgan fingerprint density at radius 1 is 1.29 bits per heavy atom. The fraction of sp³-hybridized carbons (Fsp3) is 0.300. The van der Waals surface area contributed by atoms with Gasteiger partial charge in [0.05, 0.1) is 17.6 Å². The molecule has 2 rings (SSSR count). The van der Waals surface area contributed by atoms with Gasteiger partial charge in [0, 0.05) is 6.07 Å². The normalized spacial score (nSPS) is 10.7. The second-order valence-corrected chi connectivity index (χ2v) is 3.58. The maximum Gasteiger partial charge on any atom is 0.175 e. The van der Waals surface area contributed by atoms with Gasteiger partial charge >= 0.3 is 0 Å². The number of aryl methyl sites for hydroxylation is 1. The van der Waals surface area contributed by atoms with Gasteiger partial charge in [-0.1, -0.05) is 0 Å². The molecule has 1 aromatic heterocycles. The lowest BCUT2D eigenvalue weighted by atomic mass is 10.2. The first-order valence-corrected chi connectivity index (χ1v) is 4.97. The van der Waals surface area contributed by atoms with Gasteiger partial charge < -0.3 is 14.7 Å². The van der Waals surface area contributed by atoms with Crippen molar-refractivity contribution in [3.63, 3.8) is 0 Å². The highest BCUT2D eigenvalue weighted by atomic mass is 32.1. The van der Waals surface area contributed by atoms with Gasteiger partial charge in [0.15, 0.2) is 4.77 Å². The predicted molar refractivity (Wildman–Crippen MR) is 59.4 cm³/mol. The zero-order valence-electron chi connectivity index (χ0n) is 8.18. The summed E-state index contributed by atoms with van der Waals surface area (Å²) >= 11 is 5.01. The molecule has 0 atom stereocenters. The zero-order valence-corrected chi connectivity index (χ0v) is 8.99. The largest absolute Gasteiger partial charge is 0.494 e. The van der Waals surface area contributed by atoms with E-state index in [4.69, 9.17) is 17.0 Å². The molecule has 74 valence electrons. The van der Waals surface area contributed by atoms with Crippen LogP contribution in [0.1, 0.15) is 12.5 Å². The molecule has 2 aromatic rings. The van der Waals surface area contributed by atoms with Crippen molar-refractivity contribution in [2.45, 2.75) is 13.8 Å². The summed E-state index contributed by atoms with van der Waals surface area (Å²) in [6, 6.07) is 4.01. The average molecular weight is 208 g/mol. The van der Waals surface area contributed by atoms with Crippen LogP contribution in [0.5, 0.6) is 5.75 Å². The van der Waals surface area contributed by atoms with Crippen LogP contribution in [-0.2, 0) is 0 Å². The first-order chi connectivity index (χ1) is 6.70. The van der Waals surface area contributed by atoms with Gasteiger partial charge in [-0.25, -0.2) is 0 Å². The molecule has 0 amide bonds. The minimum absolute atomic E-state index is 0.646. The van der Waals surface area contributed by atoms with Crippen LogP contribution in [0.4, 0.5) is 0 Å². The van der Waals surface area contributed by atoms with Crippen molar-refractivity contribution in [2.75, 3.05) is 6.61 Å². The first-order valence-electron chi connectivity index (χ1n) is 4.56. The number of rotatable bonds is 2. The van der Waals surface area contributed by atoms with E-state index >= 15 is 0 Å². The smallest absolute Gasteiger partial charge is 0.175 e. The van der Waals surface area contributed by atoms with Crippen molar-refractivity contribution < 1.29 is 4.74 Å². The van der Waals surface area contributed by atoms with Gasteiger partial charge in [0.25, 0.3) is 0 Å². The van der Waals surface area contributed by atoms with Crippen molar-refractivity contribution in [3.05, 3.63) is 22.5 Å². The number of benzene rings is 1. The Bertz CT molecular complexity index is 512. The van der Waals surface area contributed by atoms with E-state index in [9.17, 15) is 0 Å². The lowest BCUT2D eigenvalue weighted by molar-refractivity contribution is 0.338. The van der Waals surface area contributed by atoms with E-state index in [1.807, 2.05) is 26.0 Å². The summed E-state index contributed by atoms with van der Waals surface area (Å²) in [5.41, 5.74) is 3.13. The minimum atomic E-state index is 0.646. The first kappa shape index (κ1) is 9.27. The van der Waals surface area contributed by atoms with E-state index in [1.54, 1.807) is 0 Å².